The molecule has 2 aromatic carbocycles. The molecule has 2 aliphatic heterocycles. The van der Waals surface area contributed by atoms with E-state index in [0.717, 1.165) is 11.1 Å². The van der Waals surface area contributed by atoms with Crippen molar-refractivity contribution in [2.75, 3.05) is 6.61 Å². The van der Waals surface area contributed by atoms with Gasteiger partial charge in [-0.15, -0.1) is 0 Å². The molecule has 3 bridgehead atoms. The third-order valence-electron chi connectivity index (χ3n) is 10.4. The SMILES string of the molecule is C=C(C)[C@]12C[C@@H](C)C34OC(Cc5ccccc5)(OC1[C@@H]3C=C(COC(=O)Oc1ccc([N+](=O)[O-])cc1)C[C@]1(O)C(=O)C(C)=C[C@@H]41)O2. The lowest BCUT2D eigenvalue weighted by molar-refractivity contribution is -0.421. The van der Waals surface area contributed by atoms with Crippen molar-refractivity contribution in [1.82, 2.24) is 0 Å². The standard InChI is InChI=1S/C35H35NO10/c1-20(2)33-16-22(4)35-27(30(33)44-34(45-33,46-35)18-23-8-6-5-7-9-23)15-24(17-32(39)28(35)14-21(3)29(32)37)19-42-31(38)43-26-12-10-25(11-13-26)36(40)41/h5-15,22,27-28,30,39H,1,16-19H2,2-4H3/t22-,27+,28-,30?,32-,33-,34?,35?/m1/s1. The second kappa shape index (κ2) is 10.4. The molecule has 3 fully saturated rings. The van der Waals surface area contributed by atoms with E-state index in [1.54, 1.807) is 6.92 Å². The van der Waals surface area contributed by atoms with E-state index in [-0.39, 0.29) is 36.8 Å². The van der Waals surface area contributed by atoms with Gasteiger partial charge >= 0.3 is 6.16 Å². The lowest BCUT2D eigenvalue weighted by Gasteiger charge is -2.59. The van der Waals surface area contributed by atoms with Gasteiger partial charge in [0.15, 0.2) is 5.78 Å². The van der Waals surface area contributed by atoms with Crippen LogP contribution in [0.1, 0.15) is 39.2 Å². The van der Waals surface area contributed by atoms with Gasteiger partial charge in [-0.25, -0.2) is 4.79 Å². The first-order chi connectivity index (χ1) is 21.8. The smallest absolute Gasteiger partial charge is 0.429 e. The minimum Gasteiger partial charge on any atom is -0.429 e. The first-order valence-corrected chi connectivity index (χ1v) is 15.3. The van der Waals surface area contributed by atoms with Gasteiger partial charge in [-0.05, 0) is 60.6 Å². The number of ketones is 1. The summed E-state index contributed by atoms with van der Waals surface area (Å²) in [5, 5.41) is 23.3. The van der Waals surface area contributed by atoms with Gasteiger partial charge in [0, 0.05) is 30.4 Å². The number of benzene rings is 2. The molecule has 1 N–H and O–H groups in total. The maximum atomic E-state index is 13.7. The van der Waals surface area contributed by atoms with Crippen LogP contribution in [-0.2, 0) is 30.2 Å². The normalized spacial score (nSPS) is 37.0. The molecule has 240 valence electrons. The van der Waals surface area contributed by atoms with E-state index < -0.39 is 57.6 Å². The average molecular weight is 630 g/mol. The van der Waals surface area contributed by atoms with Crippen LogP contribution >= 0.6 is 0 Å². The van der Waals surface area contributed by atoms with E-state index in [1.165, 1.54) is 24.3 Å². The Labute approximate surface area is 265 Å². The zero-order valence-corrected chi connectivity index (χ0v) is 25.8. The van der Waals surface area contributed by atoms with Crippen LogP contribution in [0.15, 0.2) is 90.0 Å². The molecule has 0 spiro atoms. The quantitative estimate of drug-likeness (QED) is 0.140. The van der Waals surface area contributed by atoms with Gasteiger partial charge in [-0.1, -0.05) is 56.0 Å². The molecule has 2 heterocycles. The Morgan fingerprint density at radius 3 is 2.52 bits per heavy atom. The first-order valence-electron chi connectivity index (χ1n) is 15.3. The topological polar surface area (TPSA) is 144 Å². The molecule has 5 aliphatic rings. The molecule has 0 radical (unpaired) electrons. The van der Waals surface area contributed by atoms with Gasteiger partial charge in [0.2, 0.25) is 0 Å². The number of hydrogen-bond acceptors (Lipinski definition) is 10. The second-order valence-corrected chi connectivity index (χ2v) is 13.2. The number of nitro groups is 1. The molecule has 2 aromatic rings. The third-order valence-corrected chi connectivity index (χ3v) is 10.4. The van der Waals surface area contributed by atoms with Crippen LogP contribution in [0.25, 0.3) is 0 Å². The highest BCUT2D eigenvalue weighted by atomic mass is 16.9. The van der Waals surface area contributed by atoms with E-state index in [0.29, 0.717) is 17.6 Å². The fourth-order valence-electron chi connectivity index (χ4n) is 8.40. The Bertz CT molecular complexity index is 1700. The molecule has 0 aromatic heterocycles. The molecular formula is C35H35NO10. The maximum absolute atomic E-state index is 13.7. The number of rotatable bonds is 7. The van der Waals surface area contributed by atoms with Crippen LogP contribution in [-0.4, -0.2) is 57.5 Å². The van der Waals surface area contributed by atoms with Crippen molar-refractivity contribution in [3.63, 3.8) is 0 Å². The van der Waals surface area contributed by atoms with Gasteiger partial charge in [-0.2, -0.15) is 0 Å². The Balaban J connectivity index is 1.26. The van der Waals surface area contributed by atoms with Crippen LogP contribution in [0.4, 0.5) is 10.5 Å². The Hall–Kier alpha value is -4.16. The molecule has 8 atom stereocenters. The van der Waals surface area contributed by atoms with Gasteiger partial charge < -0.3 is 28.8 Å². The molecule has 7 rings (SSSR count). The minimum atomic E-state index is -1.86. The van der Waals surface area contributed by atoms with Crippen molar-refractivity contribution in [1.29, 1.82) is 0 Å². The summed E-state index contributed by atoms with van der Waals surface area (Å²) in [6, 6.07) is 14.7. The third kappa shape index (κ3) is 4.40. The number of hydrogen-bond donors (Lipinski definition) is 1. The summed E-state index contributed by atoms with van der Waals surface area (Å²) in [5.41, 5.74) is -1.36. The molecule has 3 aliphatic carbocycles. The molecule has 46 heavy (non-hydrogen) atoms. The Morgan fingerprint density at radius 1 is 1.13 bits per heavy atom. The molecule has 0 amide bonds. The van der Waals surface area contributed by atoms with E-state index in [2.05, 4.69) is 13.5 Å². The van der Waals surface area contributed by atoms with E-state index >= 15 is 0 Å². The van der Waals surface area contributed by atoms with Crippen molar-refractivity contribution in [2.45, 2.75) is 68.9 Å². The number of fused-ring (bicyclic) bond motifs is 2. The van der Waals surface area contributed by atoms with Gasteiger partial charge in [0.05, 0.1) is 16.9 Å². The summed E-state index contributed by atoms with van der Waals surface area (Å²) >= 11 is 0. The zero-order valence-electron chi connectivity index (χ0n) is 25.8. The Kier molecular flexibility index (Phi) is 6.91. The second-order valence-electron chi connectivity index (χ2n) is 13.2. The number of ether oxygens (including phenoxy) is 5. The summed E-state index contributed by atoms with van der Waals surface area (Å²) < 4.78 is 31.4. The van der Waals surface area contributed by atoms with Crippen molar-refractivity contribution in [3.05, 3.63) is 106 Å². The van der Waals surface area contributed by atoms with Gasteiger partial charge in [-0.3, -0.25) is 14.9 Å². The minimum absolute atomic E-state index is 0.0652. The Morgan fingerprint density at radius 2 is 1.85 bits per heavy atom. The molecule has 11 heteroatoms. The molecule has 1 saturated carbocycles. The van der Waals surface area contributed by atoms with E-state index in [1.807, 2.05) is 49.4 Å². The first kappa shape index (κ1) is 30.5. The lowest BCUT2D eigenvalue weighted by atomic mass is 9.55. The van der Waals surface area contributed by atoms with Crippen LogP contribution in [0, 0.1) is 27.9 Å². The average Bonchev–Trinajstić information content (AvgIpc) is 3.32. The zero-order chi connectivity index (χ0) is 32.6. The van der Waals surface area contributed by atoms with Crippen molar-refractivity contribution >= 4 is 17.6 Å². The van der Waals surface area contributed by atoms with E-state index in [9.17, 15) is 24.8 Å². The molecule has 3 unspecified atom stereocenters. The lowest BCUT2D eigenvalue weighted by Crippen LogP contribution is -2.70. The molecule has 11 nitrogen and oxygen atoms in total. The van der Waals surface area contributed by atoms with Crippen molar-refractivity contribution in [3.8, 4) is 5.75 Å². The van der Waals surface area contributed by atoms with Crippen molar-refractivity contribution < 1.29 is 43.3 Å². The predicted molar refractivity (Wildman–Crippen MR) is 162 cm³/mol. The number of nitro benzene ring substituents is 1. The highest BCUT2D eigenvalue weighted by molar-refractivity contribution is 6.04. The van der Waals surface area contributed by atoms with Gasteiger partial charge in [0.25, 0.3) is 11.7 Å². The van der Waals surface area contributed by atoms with Crippen molar-refractivity contribution in [2.24, 2.45) is 17.8 Å². The van der Waals surface area contributed by atoms with Gasteiger partial charge in [0.1, 0.15) is 29.7 Å². The summed E-state index contributed by atoms with van der Waals surface area (Å²) in [4.78, 5) is 36.8. The number of aliphatic hydroxyl groups is 1. The summed E-state index contributed by atoms with van der Waals surface area (Å²) in [7, 11) is 0. The number of carbonyl (C=O) groups is 2. The number of non-ortho nitro benzene ring substituents is 1. The van der Waals surface area contributed by atoms with E-state index in [4.69, 9.17) is 23.7 Å². The van der Waals surface area contributed by atoms with Crippen LogP contribution in [0.2, 0.25) is 0 Å². The fraction of sp³-hybridized carbons (Fsp3) is 0.429. The molecular weight excluding hydrogens is 594 g/mol. The number of Topliss-reactive ketones (excluding diaryl/α,β-unsaturated/α-hetero) is 1. The highest BCUT2D eigenvalue weighted by Gasteiger charge is 2.79. The summed E-state index contributed by atoms with van der Waals surface area (Å²) in [6.45, 7) is 9.69. The molecule has 2 saturated heterocycles. The highest BCUT2D eigenvalue weighted by Crippen LogP contribution is 2.68. The predicted octanol–water partition coefficient (Wildman–Crippen LogP) is 5.37. The maximum Gasteiger partial charge on any atom is 0.514 e. The fourth-order valence-corrected chi connectivity index (χ4v) is 8.40. The van der Waals surface area contributed by atoms with Crippen LogP contribution in [0.5, 0.6) is 5.75 Å². The van der Waals surface area contributed by atoms with Crippen LogP contribution < -0.4 is 4.74 Å². The number of nitrogens with zero attached hydrogens (tertiary/aromatic N) is 1. The monoisotopic (exact) mass is 629 g/mol. The largest absolute Gasteiger partial charge is 0.514 e. The summed E-state index contributed by atoms with van der Waals surface area (Å²) in [5.74, 6) is -3.27. The summed E-state index contributed by atoms with van der Waals surface area (Å²) in [6.07, 6.45) is 2.83. The number of carbonyl (C=O) groups excluding carboxylic acids is 2. The van der Waals surface area contributed by atoms with Crippen LogP contribution in [0.3, 0.4) is 0 Å².